The Kier molecular flexibility index (Phi) is 7.64. The number of carbonyl (C=O) groups is 2. The summed E-state index contributed by atoms with van der Waals surface area (Å²) >= 11 is 0. The monoisotopic (exact) mass is 636 g/mol. The lowest BCUT2D eigenvalue weighted by Crippen LogP contribution is -2.36. The second kappa shape index (κ2) is 11.6. The minimum Gasteiger partial charge on any atom is -0.444 e. The van der Waals surface area contributed by atoms with E-state index in [9.17, 15) is 9.59 Å². The molecule has 2 N–H and O–H groups in total. The number of imidazole rings is 2. The van der Waals surface area contributed by atoms with Crippen LogP contribution in [-0.2, 0) is 9.47 Å². The first-order valence-corrected chi connectivity index (χ1v) is 16.7. The third kappa shape index (κ3) is 6.64. The number of ether oxygens (including phenoxy) is 2. The maximum atomic E-state index is 13.2. The Hall–Kier alpha value is -4.60. The van der Waals surface area contributed by atoms with E-state index < -0.39 is 11.2 Å². The van der Waals surface area contributed by atoms with Crippen LogP contribution >= 0.6 is 0 Å². The highest BCUT2D eigenvalue weighted by Crippen LogP contribution is 2.43. The van der Waals surface area contributed by atoms with E-state index in [1.165, 1.54) is 11.1 Å². The van der Waals surface area contributed by atoms with Crippen LogP contribution in [0.5, 0.6) is 0 Å². The number of nitrogens with one attached hydrogen (secondary N) is 2. The van der Waals surface area contributed by atoms with Crippen LogP contribution in [0.15, 0.2) is 59.8 Å². The van der Waals surface area contributed by atoms with E-state index in [1.807, 2.05) is 58.7 Å². The summed E-state index contributed by atoms with van der Waals surface area (Å²) in [6.45, 7) is 12.6. The molecule has 2 saturated heterocycles. The Bertz CT molecular complexity index is 1850. The predicted molar refractivity (Wildman–Crippen MR) is 181 cm³/mol. The molecule has 47 heavy (non-hydrogen) atoms. The standard InChI is InChI=1S/C37H44N6O4/c1-36(2,3)46-34(44)42-17-7-8-30(42)32-38-20-29(41-32)24-13-11-22(12-14-24)25-15-16-27-28(18-25)40-33(39-27)31-19-26(23-9-10-23)21-43(31)35(45)47-37(4,5)6/h11-16,18,20,30-31H,7-10,17,19,21H2,1-6H3,(H,38,41)(H,39,40)/t30-,31-/m0/s1. The minimum atomic E-state index is -0.561. The quantitative estimate of drug-likeness (QED) is 0.217. The molecule has 0 bridgehead atoms. The van der Waals surface area contributed by atoms with Crippen LogP contribution in [0, 0.1) is 0 Å². The number of carbonyl (C=O) groups excluding carboxylic acids is 2. The van der Waals surface area contributed by atoms with E-state index in [0.29, 0.717) is 13.1 Å². The summed E-state index contributed by atoms with van der Waals surface area (Å²) < 4.78 is 11.4. The van der Waals surface area contributed by atoms with Crippen molar-refractivity contribution in [1.82, 2.24) is 29.7 Å². The first-order chi connectivity index (χ1) is 22.3. The van der Waals surface area contributed by atoms with Crippen LogP contribution in [0.25, 0.3) is 33.4 Å². The van der Waals surface area contributed by atoms with Crippen LogP contribution in [-0.4, -0.2) is 66.2 Å². The van der Waals surface area contributed by atoms with Crippen LogP contribution in [0.3, 0.4) is 0 Å². The number of allylic oxidation sites excluding steroid dienone is 1. The molecule has 2 aromatic heterocycles. The number of rotatable bonds is 4. The van der Waals surface area contributed by atoms with Gasteiger partial charge in [0.1, 0.15) is 22.9 Å². The lowest BCUT2D eigenvalue weighted by atomic mass is 10.0. The summed E-state index contributed by atoms with van der Waals surface area (Å²) in [4.78, 5) is 46.2. The number of amides is 2. The molecule has 3 aliphatic rings. The van der Waals surface area contributed by atoms with Crippen molar-refractivity contribution >= 4 is 23.2 Å². The SMILES string of the molecule is CC(C)(C)OC(=O)N1CCC[C@H]1c1ncc(-c2ccc(-c3ccc4nc([C@@H]5CC(=C6CC6)CN5C(=O)OC(C)(C)C)[nH]c4c3)cc2)[nH]1. The topological polar surface area (TPSA) is 116 Å². The second-order valence-corrected chi connectivity index (χ2v) is 15.0. The van der Waals surface area contributed by atoms with Crippen molar-refractivity contribution in [3.8, 4) is 22.4 Å². The van der Waals surface area contributed by atoms with Gasteiger partial charge in [-0.3, -0.25) is 9.80 Å². The molecule has 10 nitrogen and oxygen atoms in total. The summed E-state index contributed by atoms with van der Waals surface area (Å²) in [7, 11) is 0. The maximum Gasteiger partial charge on any atom is 0.411 e. The molecule has 3 fully saturated rings. The van der Waals surface area contributed by atoms with Crippen LogP contribution in [0.1, 0.15) is 97.4 Å². The fraction of sp³-hybridized carbons (Fsp3) is 0.459. The molecule has 2 amide bonds. The van der Waals surface area contributed by atoms with Crippen LogP contribution in [0.4, 0.5) is 9.59 Å². The lowest BCUT2D eigenvalue weighted by Gasteiger charge is -2.27. The molecule has 10 heteroatoms. The van der Waals surface area contributed by atoms with Gasteiger partial charge in [0.25, 0.3) is 0 Å². The number of hydrogen-bond donors (Lipinski definition) is 2. The Labute approximate surface area is 275 Å². The number of fused-ring (bicyclic) bond motifs is 1. The third-order valence-corrected chi connectivity index (χ3v) is 8.94. The van der Waals surface area contributed by atoms with E-state index in [-0.39, 0.29) is 24.3 Å². The Morgan fingerprint density at radius 2 is 1.45 bits per heavy atom. The molecule has 1 saturated carbocycles. The zero-order chi connectivity index (χ0) is 33.1. The van der Waals surface area contributed by atoms with E-state index >= 15 is 0 Å². The van der Waals surface area contributed by atoms with E-state index in [4.69, 9.17) is 14.5 Å². The Balaban J connectivity index is 1.08. The van der Waals surface area contributed by atoms with Gasteiger partial charge >= 0.3 is 12.2 Å². The molecule has 0 spiro atoms. The molecule has 1 aliphatic carbocycles. The second-order valence-electron chi connectivity index (χ2n) is 15.0. The zero-order valence-corrected chi connectivity index (χ0v) is 28.1. The van der Waals surface area contributed by atoms with Crippen molar-refractivity contribution < 1.29 is 19.1 Å². The van der Waals surface area contributed by atoms with Crippen molar-refractivity contribution in [1.29, 1.82) is 0 Å². The molecule has 0 unspecified atom stereocenters. The van der Waals surface area contributed by atoms with Gasteiger partial charge in [-0.2, -0.15) is 0 Å². The molecule has 2 aromatic carbocycles. The van der Waals surface area contributed by atoms with Crippen molar-refractivity contribution in [2.75, 3.05) is 13.1 Å². The van der Waals surface area contributed by atoms with Crippen molar-refractivity contribution in [3.63, 3.8) is 0 Å². The van der Waals surface area contributed by atoms with Gasteiger partial charge in [-0.15, -0.1) is 0 Å². The molecule has 2 aliphatic heterocycles. The summed E-state index contributed by atoms with van der Waals surface area (Å²) in [6.07, 6.45) is 6.04. The van der Waals surface area contributed by atoms with Gasteiger partial charge in [0, 0.05) is 13.1 Å². The van der Waals surface area contributed by atoms with Gasteiger partial charge < -0.3 is 19.4 Å². The molecular formula is C37H44N6O4. The number of H-pyrrole nitrogens is 2. The molecule has 4 aromatic rings. The zero-order valence-electron chi connectivity index (χ0n) is 28.1. The van der Waals surface area contributed by atoms with Crippen LogP contribution in [0.2, 0.25) is 0 Å². The van der Waals surface area contributed by atoms with Gasteiger partial charge in [0.2, 0.25) is 0 Å². The average molecular weight is 637 g/mol. The molecule has 2 atom stereocenters. The summed E-state index contributed by atoms with van der Waals surface area (Å²) in [5, 5.41) is 0. The smallest absolute Gasteiger partial charge is 0.411 e. The summed E-state index contributed by atoms with van der Waals surface area (Å²) in [5.41, 5.74) is 7.58. The highest BCUT2D eigenvalue weighted by atomic mass is 16.6. The normalized spacial score (nSPS) is 20.0. The van der Waals surface area contributed by atoms with Crippen molar-refractivity contribution in [2.45, 2.75) is 96.9 Å². The van der Waals surface area contributed by atoms with Crippen LogP contribution < -0.4 is 0 Å². The lowest BCUT2D eigenvalue weighted by molar-refractivity contribution is 0.0210. The first kappa shape index (κ1) is 31.0. The maximum absolute atomic E-state index is 13.2. The number of aromatic amines is 2. The Morgan fingerprint density at radius 1 is 0.787 bits per heavy atom. The highest BCUT2D eigenvalue weighted by Gasteiger charge is 2.40. The third-order valence-electron chi connectivity index (χ3n) is 8.94. The van der Waals surface area contributed by atoms with Gasteiger partial charge in [0.05, 0.1) is 35.0 Å². The average Bonchev–Trinajstić information content (AvgIpc) is 3.43. The molecule has 0 radical (unpaired) electrons. The molecule has 246 valence electrons. The van der Waals surface area contributed by atoms with Gasteiger partial charge in [0.15, 0.2) is 0 Å². The van der Waals surface area contributed by atoms with Crippen molar-refractivity contribution in [2.24, 2.45) is 0 Å². The first-order valence-electron chi connectivity index (χ1n) is 16.7. The summed E-state index contributed by atoms with van der Waals surface area (Å²) in [5.74, 6) is 1.57. The van der Waals surface area contributed by atoms with E-state index in [0.717, 1.165) is 77.2 Å². The van der Waals surface area contributed by atoms with E-state index in [1.54, 1.807) is 4.90 Å². The van der Waals surface area contributed by atoms with Gasteiger partial charge in [-0.25, -0.2) is 19.6 Å². The Morgan fingerprint density at radius 3 is 2.13 bits per heavy atom. The van der Waals surface area contributed by atoms with E-state index in [2.05, 4.69) is 51.4 Å². The molecule has 4 heterocycles. The highest BCUT2D eigenvalue weighted by molar-refractivity contribution is 5.83. The number of hydrogen-bond acceptors (Lipinski definition) is 6. The predicted octanol–water partition coefficient (Wildman–Crippen LogP) is 8.46. The molecular weight excluding hydrogens is 592 g/mol. The fourth-order valence-corrected chi connectivity index (χ4v) is 6.60. The van der Waals surface area contributed by atoms with Gasteiger partial charge in [-0.1, -0.05) is 35.9 Å². The number of benzene rings is 2. The number of aromatic nitrogens is 4. The van der Waals surface area contributed by atoms with Crippen molar-refractivity contribution in [3.05, 3.63) is 71.5 Å². The fourth-order valence-electron chi connectivity index (χ4n) is 6.60. The minimum absolute atomic E-state index is 0.124. The largest absolute Gasteiger partial charge is 0.444 e. The number of likely N-dealkylation sites (tertiary alicyclic amines) is 2. The van der Waals surface area contributed by atoms with Gasteiger partial charge in [-0.05, 0) is 108 Å². The summed E-state index contributed by atoms with van der Waals surface area (Å²) in [6, 6.07) is 14.3. The molecule has 7 rings (SSSR count). The number of nitrogens with zero attached hydrogens (tertiary/aromatic N) is 4.